The highest BCUT2D eigenvalue weighted by molar-refractivity contribution is 5.47. The zero-order valence-electron chi connectivity index (χ0n) is 9.13. The lowest BCUT2D eigenvalue weighted by Gasteiger charge is -2.19. The van der Waals surface area contributed by atoms with Crippen LogP contribution in [0.4, 0.5) is 5.82 Å². The average Bonchev–Trinajstić information content (AvgIpc) is 2.80. The molecule has 1 aliphatic heterocycles. The third-order valence-electron chi connectivity index (χ3n) is 2.84. The van der Waals surface area contributed by atoms with Crippen molar-refractivity contribution in [2.45, 2.75) is 19.3 Å². The molecule has 0 spiro atoms. The van der Waals surface area contributed by atoms with Crippen LogP contribution in [0.1, 0.15) is 18.4 Å². The van der Waals surface area contributed by atoms with Gasteiger partial charge in [0.2, 0.25) is 6.54 Å². The smallest absolute Gasteiger partial charge is 0.208 e. The number of hydrogen-bond acceptors (Lipinski definition) is 4. The molecule has 0 aromatic carbocycles. The average molecular weight is 221 g/mol. The molecule has 0 aliphatic carbocycles. The van der Waals surface area contributed by atoms with Gasteiger partial charge in [0.05, 0.1) is 0 Å². The molecule has 0 bridgehead atoms. The molecule has 1 aromatic heterocycles. The molecule has 1 aliphatic rings. The predicted octanol–water partition coefficient (Wildman–Crippen LogP) is 1.50. The maximum absolute atomic E-state index is 10.4. The molecule has 0 saturated carbocycles. The van der Waals surface area contributed by atoms with Crippen molar-refractivity contribution in [2.75, 3.05) is 24.5 Å². The normalized spacial score (nSPS) is 15.4. The Morgan fingerprint density at radius 1 is 1.44 bits per heavy atom. The number of nitrogens with zero attached hydrogens (tertiary/aromatic N) is 3. The van der Waals surface area contributed by atoms with Gasteiger partial charge in [-0.3, -0.25) is 10.1 Å². The van der Waals surface area contributed by atoms with Gasteiger partial charge in [0.1, 0.15) is 5.82 Å². The van der Waals surface area contributed by atoms with E-state index in [2.05, 4.69) is 9.88 Å². The molecule has 1 saturated heterocycles. The quantitative estimate of drug-likeness (QED) is 0.571. The SMILES string of the molecule is O=[N+]([O-])CCc1cccnc1N1CCCC1. The Bertz CT molecular complexity index is 375. The second kappa shape index (κ2) is 4.92. The first-order valence-electron chi connectivity index (χ1n) is 5.58. The molecule has 5 heteroatoms. The van der Waals surface area contributed by atoms with Crippen LogP contribution in [-0.2, 0) is 6.42 Å². The molecule has 0 radical (unpaired) electrons. The van der Waals surface area contributed by atoms with Gasteiger partial charge in [-0.25, -0.2) is 4.98 Å². The van der Waals surface area contributed by atoms with Gasteiger partial charge in [-0.05, 0) is 18.9 Å². The maximum Gasteiger partial charge on any atom is 0.208 e. The predicted molar refractivity (Wildman–Crippen MR) is 61.2 cm³/mol. The molecular formula is C11H15N3O2. The van der Waals surface area contributed by atoms with Crippen molar-refractivity contribution in [3.63, 3.8) is 0 Å². The van der Waals surface area contributed by atoms with E-state index in [9.17, 15) is 10.1 Å². The minimum atomic E-state index is -0.277. The van der Waals surface area contributed by atoms with Gasteiger partial charge in [-0.1, -0.05) is 6.07 Å². The molecule has 86 valence electrons. The summed E-state index contributed by atoms with van der Waals surface area (Å²) in [6.07, 6.45) is 4.59. The Balaban J connectivity index is 2.13. The first-order valence-corrected chi connectivity index (χ1v) is 5.58. The molecule has 1 aromatic rings. The monoisotopic (exact) mass is 221 g/mol. The van der Waals surface area contributed by atoms with Gasteiger partial charge < -0.3 is 4.90 Å². The summed E-state index contributed by atoms with van der Waals surface area (Å²) in [6, 6.07) is 3.78. The topological polar surface area (TPSA) is 59.3 Å². The summed E-state index contributed by atoms with van der Waals surface area (Å²) in [4.78, 5) is 16.7. The molecule has 0 N–H and O–H groups in total. The van der Waals surface area contributed by atoms with Gasteiger partial charge in [-0.15, -0.1) is 0 Å². The zero-order chi connectivity index (χ0) is 11.4. The largest absolute Gasteiger partial charge is 0.356 e. The van der Waals surface area contributed by atoms with Crippen LogP contribution in [0.5, 0.6) is 0 Å². The van der Waals surface area contributed by atoms with Crippen molar-refractivity contribution in [3.05, 3.63) is 34.0 Å². The van der Waals surface area contributed by atoms with E-state index in [4.69, 9.17) is 0 Å². The molecule has 0 amide bonds. The van der Waals surface area contributed by atoms with Crippen molar-refractivity contribution in [1.82, 2.24) is 4.98 Å². The van der Waals surface area contributed by atoms with Crippen molar-refractivity contribution in [3.8, 4) is 0 Å². The van der Waals surface area contributed by atoms with Gasteiger partial charge in [0.25, 0.3) is 0 Å². The fraction of sp³-hybridized carbons (Fsp3) is 0.545. The van der Waals surface area contributed by atoms with Crippen LogP contribution in [0.2, 0.25) is 0 Å². The Labute approximate surface area is 94.2 Å². The van der Waals surface area contributed by atoms with Crippen LogP contribution < -0.4 is 4.90 Å². The lowest BCUT2D eigenvalue weighted by Crippen LogP contribution is -2.21. The summed E-state index contributed by atoms with van der Waals surface area (Å²) in [5.74, 6) is 0.932. The Morgan fingerprint density at radius 3 is 2.88 bits per heavy atom. The van der Waals surface area contributed by atoms with Crippen molar-refractivity contribution in [2.24, 2.45) is 0 Å². The van der Waals surface area contributed by atoms with E-state index in [0.717, 1.165) is 24.5 Å². The van der Waals surface area contributed by atoms with Gasteiger partial charge in [0.15, 0.2) is 0 Å². The highest BCUT2D eigenvalue weighted by Crippen LogP contribution is 2.22. The van der Waals surface area contributed by atoms with E-state index in [1.54, 1.807) is 6.20 Å². The minimum absolute atomic E-state index is 0.0213. The van der Waals surface area contributed by atoms with Crippen LogP contribution in [-0.4, -0.2) is 29.5 Å². The summed E-state index contributed by atoms with van der Waals surface area (Å²) in [5.41, 5.74) is 0.987. The second-order valence-electron chi connectivity index (χ2n) is 3.99. The number of pyridine rings is 1. The lowest BCUT2D eigenvalue weighted by atomic mass is 10.2. The first-order chi connectivity index (χ1) is 7.77. The van der Waals surface area contributed by atoms with E-state index in [0.29, 0.717) is 6.42 Å². The van der Waals surface area contributed by atoms with E-state index in [-0.39, 0.29) is 11.5 Å². The molecule has 16 heavy (non-hydrogen) atoms. The molecule has 0 unspecified atom stereocenters. The van der Waals surface area contributed by atoms with E-state index >= 15 is 0 Å². The van der Waals surface area contributed by atoms with Crippen molar-refractivity contribution in [1.29, 1.82) is 0 Å². The van der Waals surface area contributed by atoms with Crippen LogP contribution in [0.25, 0.3) is 0 Å². The maximum atomic E-state index is 10.4. The number of aromatic nitrogens is 1. The molecule has 5 nitrogen and oxygen atoms in total. The van der Waals surface area contributed by atoms with Crippen molar-refractivity contribution < 1.29 is 4.92 Å². The second-order valence-corrected chi connectivity index (χ2v) is 3.99. The number of anilines is 1. The van der Waals surface area contributed by atoms with Crippen LogP contribution >= 0.6 is 0 Å². The summed E-state index contributed by atoms with van der Waals surface area (Å²) in [5, 5.41) is 10.4. The number of hydrogen-bond donors (Lipinski definition) is 0. The Kier molecular flexibility index (Phi) is 3.34. The van der Waals surface area contributed by atoms with Crippen LogP contribution in [0.3, 0.4) is 0 Å². The molecule has 2 rings (SSSR count). The number of nitro groups is 1. The van der Waals surface area contributed by atoms with Crippen molar-refractivity contribution >= 4 is 5.82 Å². The van der Waals surface area contributed by atoms with Gasteiger partial charge in [-0.2, -0.15) is 0 Å². The van der Waals surface area contributed by atoms with E-state index in [1.807, 2.05) is 12.1 Å². The number of rotatable bonds is 4. The summed E-state index contributed by atoms with van der Waals surface area (Å²) >= 11 is 0. The van der Waals surface area contributed by atoms with Crippen LogP contribution in [0.15, 0.2) is 18.3 Å². The summed E-state index contributed by atoms with van der Waals surface area (Å²) in [7, 11) is 0. The molecule has 1 fully saturated rings. The molecule has 0 atom stereocenters. The fourth-order valence-electron chi connectivity index (χ4n) is 2.05. The molecular weight excluding hydrogens is 206 g/mol. The summed E-state index contributed by atoms with van der Waals surface area (Å²) in [6.45, 7) is 2.01. The van der Waals surface area contributed by atoms with E-state index in [1.165, 1.54) is 12.8 Å². The van der Waals surface area contributed by atoms with Gasteiger partial charge >= 0.3 is 0 Å². The highest BCUT2D eigenvalue weighted by atomic mass is 16.6. The lowest BCUT2D eigenvalue weighted by molar-refractivity contribution is -0.479. The third-order valence-corrected chi connectivity index (χ3v) is 2.84. The standard InChI is InChI=1S/C11H15N3O2/c15-14(16)9-5-10-4-3-6-12-11(10)13-7-1-2-8-13/h3-4,6H,1-2,5,7-9H2. The third kappa shape index (κ3) is 2.48. The Hall–Kier alpha value is -1.65. The first kappa shape index (κ1) is 10.9. The fourth-order valence-corrected chi connectivity index (χ4v) is 2.05. The van der Waals surface area contributed by atoms with Gasteiger partial charge in [0, 0.05) is 36.2 Å². The van der Waals surface area contributed by atoms with Crippen LogP contribution in [0, 0.1) is 10.1 Å². The summed E-state index contributed by atoms with van der Waals surface area (Å²) < 4.78 is 0. The zero-order valence-corrected chi connectivity index (χ0v) is 9.13. The minimum Gasteiger partial charge on any atom is -0.356 e. The Morgan fingerprint density at radius 2 is 2.19 bits per heavy atom. The highest BCUT2D eigenvalue weighted by Gasteiger charge is 2.17. The van der Waals surface area contributed by atoms with E-state index < -0.39 is 0 Å². The molecule has 2 heterocycles.